The number of ether oxygens (including phenoxy) is 2. The van der Waals surface area contributed by atoms with Crippen molar-refractivity contribution in [1.29, 1.82) is 0 Å². The molecule has 1 aromatic carbocycles. The summed E-state index contributed by atoms with van der Waals surface area (Å²) in [6.07, 6.45) is 1.04. The summed E-state index contributed by atoms with van der Waals surface area (Å²) in [4.78, 5) is 2.53. The second kappa shape index (κ2) is 7.11. The molecular formula is C15H17BrO3S. The highest BCUT2D eigenvalue weighted by atomic mass is 79.9. The van der Waals surface area contributed by atoms with Gasteiger partial charge in [-0.25, -0.2) is 0 Å². The van der Waals surface area contributed by atoms with Crippen LogP contribution in [0.5, 0.6) is 11.5 Å². The number of hydrogen-bond acceptors (Lipinski definition) is 4. The van der Waals surface area contributed by atoms with E-state index in [-0.39, 0.29) is 6.61 Å². The van der Waals surface area contributed by atoms with Crippen molar-refractivity contribution in [2.24, 2.45) is 0 Å². The zero-order valence-electron chi connectivity index (χ0n) is 11.5. The smallest absolute Gasteiger partial charge is 0.175 e. The third-order valence-electron chi connectivity index (χ3n) is 2.90. The summed E-state index contributed by atoms with van der Waals surface area (Å²) in [5.74, 6) is 1.28. The van der Waals surface area contributed by atoms with Crippen LogP contribution in [0.15, 0.2) is 28.7 Å². The molecule has 2 aromatic rings. The predicted molar refractivity (Wildman–Crippen MR) is 84.6 cm³/mol. The lowest BCUT2D eigenvalue weighted by atomic mass is 10.2. The number of aliphatic hydroxyl groups excluding tert-OH is 1. The number of aryl methyl sites for hydroxylation is 1. The van der Waals surface area contributed by atoms with Crippen LogP contribution in [-0.4, -0.2) is 12.2 Å². The number of methoxy groups -OCH3 is 1. The second-order valence-corrected chi connectivity index (χ2v) is 6.38. The van der Waals surface area contributed by atoms with E-state index in [1.807, 2.05) is 6.07 Å². The second-order valence-electron chi connectivity index (χ2n) is 4.28. The Morgan fingerprint density at radius 1 is 1.25 bits per heavy atom. The van der Waals surface area contributed by atoms with Gasteiger partial charge < -0.3 is 14.6 Å². The van der Waals surface area contributed by atoms with Gasteiger partial charge in [0.1, 0.15) is 6.61 Å². The Bertz CT molecular complexity index is 580. The Balaban J connectivity index is 2.16. The van der Waals surface area contributed by atoms with Gasteiger partial charge in [-0.15, -0.1) is 11.3 Å². The van der Waals surface area contributed by atoms with Crippen LogP contribution in [0.3, 0.4) is 0 Å². The van der Waals surface area contributed by atoms with Gasteiger partial charge in [0.05, 0.1) is 18.2 Å². The van der Waals surface area contributed by atoms with Crippen LogP contribution in [0.1, 0.15) is 22.2 Å². The Morgan fingerprint density at radius 2 is 2.00 bits per heavy atom. The van der Waals surface area contributed by atoms with E-state index >= 15 is 0 Å². The molecule has 0 bridgehead atoms. The molecule has 0 saturated carbocycles. The summed E-state index contributed by atoms with van der Waals surface area (Å²) in [7, 11) is 1.59. The summed E-state index contributed by atoms with van der Waals surface area (Å²) in [5.41, 5.74) is 0.783. The number of thiophene rings is 1. The monoisotopic (exact) mass is 356 g/mol. The van der Waals surface area contributed by atoms with Crippen LogP contribution < -0.4 is 9.47 Å². The lowest BCUT2D eigenvalue weighted by Crippen LogP contribution is -1.98. The molecule has 0 amide bonds. The number of hydrogen-bond donors (Lipinski definition) is 1. The SMILES string of the molecule is CCc1ccc(COc2c(Br)cc(CO)cc2OC)s1. The molecule has 0 unspecified atom stereocenters. The lowest BCUT2D eigenvalue weighted by molar-refractivity contribution is 0.274. The maximum absolute atomic E-state index is 9.20. The van der Waals surface area contributed by atoms with Crippen molar-refractivity contribution in [3.63, 3.8) is 0 Å². The Hall–Kier alpha value is -1.04. The third kappa shape index (κ3) is 3.53. The molecule has 1 N–H and O–H groups in total. The lowest BCUT2D eigenvalue weighted by Gasteiger charge is -2.13. The third-order valence-corrected chi connectivity index (χ3v) is 4.69. The van der Waals surface area contributed by atoms with Crippen LogP contribution in [0, 0.1) is 0 Å². The van der Waals surface area contributed by atoms with Gasteiger partial charge in [-0.05, 0) is 52.2 Å². The molecule has 0 aliphatic heterocycles. The fraction of sp³-hybridized carbons (Fsp3) is 0.333. The van der Waals surface area contributed by atoms with E-state index in [0.717, 1.165) is 16.5 Å². The quantitative estimate of drug-likeness (QED) is 0.844. The molecule has 0 atom stereocenters. The zero-order valence-corrected chi connectivity index (χ0v) is 13.9. The molecule has 0 saturated heterocycles. The zero-order chi connectivity index (χ0) is 14.5. The molecule has 2 rings (SSSR count). The fourth-order valence-corrected chi connectivity index (χ4v) is 3.31. The van der Waals surface area contributed by atoms with Crippen molar-refractivity contribution >= 4 is 27.3 Å². The summed E-state index contributed by atoms with van der Waals surface area (Å²) in [5, 5.41) is 9.20. The standard InChI is InChI=1S/C15H17BrO3S/c1-3-11-4-5-12(20-11)9-19-15-13(16)6-10(8-17)7-14(15)18-2/h4-7,17H,3,8-9H2,1-2H3. The highest BCUT2D eigenvalue weighted by molar-refractivity contribution is 9.10. The van der Waals surface area contributed by atoms with E-state index in [0.29, 0.717) is 18.1 Å². The van der Waals surface area contributed by atoms with Crippen molar-refractivity contribution in [2.45, 2.75) is 26.6 Å². The van der Waals surface area contributed by atoms with Crippen LogP contribution in [-0.2, 0) is 19.6 Å². The maximum Gasteiger partial charge on any atom is 0.175 e. The number of halogens is 1. The summed E-state index contributed by atoms with van der Waals surface area (Å²) in [6.45, 7) is 2.63. The summed E-state index contributed by atoms with van der Waals surface area (Å²) < 4.78 is 12.0. The van der Waals surface area contributed by atoms with Crippen molar-refractivity contribution in [3.8, 4) is 11.5 Å². The molecule has 20 heavy (non-hydrogen) atoms. The van der Waals surface area contributed by atoms with Crippen LogP contribution in [0.25, 0.3) is 0 Å². The first-order valence-corrected chi connectivity index (χ1v) is 7.96. The average molecular weight is 357 g/mol. The minimum atomic E-state index is -0.0278. The Morgan fingerprint density at radius 3 is 2.60 bits per heavy atom. The first-order valence-electron chi connectivity index (χ1n) is 6.35. The molecule has 1 heterocycles. The van der Waals surface area contributed by atoms with Crippen molar-refractivity contribution < 1.29 is 14.6 Å². The number of benzene rings is 1. The molecule has 3 nitrogen and oxygen atoms in total. The van der Waals surface area contributed by atoms with Crippen LogP contribution in [0.2, 0.25) is 0 Å². The highest BCUT2D eigenvalue weighted by Crippen LogP contribution is 2.37. The molecule has 0 spiro atoms. The molecule has 1 aromatic heterocycles. The molecule has 0 aliphatic carbocycles. The normalized spacial score (nSPS) is 10.6. The average Bonchev–Trinajstić information content (AvgIpc) is 2.93. The maximum atomic E-state index is 9.20. The van der Waals surface area contributed by atoms with Gasteiger partial charge in [0.15, 0.2) is 11.5 Å². The van der Waals surface area contributed by atoms with Gasteiger partial charge in [0.25, 0.3) is 0 Å². The van der Waals surface area contributed by atoms with Gasteiger partial charge in [0, 0.05) is 9.75 Å². The molecule has 108 valence electrons. The van der Waals surface area contributed by atoms with Gasteiger partial charge in [-0.2, -0.15) is 0 Å². The fourth-order valence-electron chi connectivity index (χ4n) is 1.84. The number of rotatable bonds is 6. The molecule has 5 heteroatoms. The Kier molecular flexibility index (Phi) is 5.46. The largest absolute Gasteiger partial charge is 0.493 e. The van der Waals surface area contributed by atoms with Crippen molar-refractivity contribution in [3.05, 3.63) is 44.1 Å². The molecule has 0 fully saturated rings. The van der Waals surface area contributed by atoms with Crippen molar-refractivity contribution in [2.75, 3.05) is 7.11 Å². The molecule has 0 aliphatic rings. The van der Waals surface area contributed by atoms with E-state index in [2.05, 4.69) is 35.0 Å². The van der Waals surface area contributed by atoms with Crippen molar-refractivity contribution in [1.82, 2.24) is 0 Å². The van der Waals surface area contributed by atoms with Gasteiger partial charge >= 0.3 is 0 Å². The molecule has 0 radical (unpaired) electrons. The van der Waals surface area contributed by atoms with Gasteiger partial charge in [0.2, 0.25) is 0 Å². The topological polar surface area (TPSA) is 38.7 Å². The minimum absolute atomic E-state index is 0.0278. The van der Waals surface area contributed by atoms with Crippen LogP contribution >= 0.6 is 27.3 Å². The van der Waals surface area contributed by atoms with Crippen LogP contribution in [0.4, 0.5) is 0 Å². The van der Waals surface area contributed by atoms with E-state index in [1.54, 1.807) is 24.5 Å². The van der Waals surface area contributed by atoms with Gasteiger partial charge in [-0.1, -0.05) is 6.92 Å². The van der Waals surface area contributed by atoms with E-state index in [9.17, 15) is 5.11 Å². The predicted octanol–water partition coefficient (Wildman–Crippen LogP) is 4.15. The summed E-state index contributed by atoms with van der Waals surface area (Å²) in [6, 6.07) is 7.84. The first-order chi connectivity index (χ1) is 9.67. The van der Waals surface area contributed by atoms with E-state index in [1.165, 1.54) is 9.75 Å². The molecular weight excluding hydrogens is 340 g/mol. The summed E-state index contributed by atoms with van der Waals surface area (Å²) >= 11 is 5.22. The number of aliphatic hydroxyl groups is 1. The highest BCUT2D eigenvalue weighted by Gasteiger charge is 2.12. The van der Waals surface area contributed by atoms with E-state index in [4.69, 9.17) is 9.47 Å². The minimum Gasteiger partial charge on any atom is -0.493 e. The first kappa shape index (κ1) is 15.4. The van der Waals surface area contributed by atoms with Gasteiger partial charge in [-0.3, -0.25) is 0 Å². The Labute approximate surface area is 131 Å². The van der Waals surface area contributed by atoms with E-state index < -0.39 is 0 Å².